The van der Waals surface area contributed by atoms with Crippen molar-refractivity contribution in [2.75, 3.05) is 13.1 Å². The minimum Gasteiger partial charge on any atom is -0.481 e. The summed E-state index contributed by atoms with van der Waals surface area (Å²) in [5.74, 6) is 0.0438. The van der Waals surface area contributed by atoms with Crippen molar-refractivity contribution in [3.8, 4) is 0 Å². The molecule has 1 heterocycles. The van der Waals surface area contributed by atoms with Crippen molar-refractivity contribution in [2.45, 2.75) is 26.7 Å². The molecule has 1 aromatic rings. The highest BCUT2D eigenvalue weighted by molar-refractivity contribution is 5.74. The van der Waals surface area contributed by atoms with Crippen molar-refractivity contribution < 1.29 is 19.2 Å². The molecule has 0 aromatic carbocycles. The second-order valence-corrected chi connectivity index (χ2v) is 4.33. The van der Waals surface area contributed by atoms with Gasteiger partial charge in [0, 0.05) is 25.9 Å². The number of carbonyl (C=O) groups is 2. The zero-order valence-electron chi connectivity index (χ0n) is 11.0. The highest BCUT2D eigenvalue weighted by Gasteiger charge is 2.09. The van der Waals surface area contributed by atoms with Crippen LogP contribution in [-0.2, 0) is 11.2 Å². The molecule has 0 bridgehead atoms. The third kappa shape index (κ3) is 6.39. The highest BCUT2D eigenvalue weighted by Crippen LogP contribution is 1.99. The Labute approximate surface area is 110 Å². The van der Waals surface area contributed by atoms with E-state index < -0.39 is 5.97 Å². The number of carbonyl (C=O) groups excluding carboxylic acids is 1. The van der Waals surface area contributed by atoms with Crippen molar-refractivity contribution >= 4 is 12.0 Å². The molecule has 2 amide bonds. The van der Waals surface area contributed by atoms with Crippen LogP contribution in [0.25, 0.3) is 0 Å². The molecule has 106 valence electrons. The molecule has 0 saturated carbocycles. The van der Waals surface area contributed by atoms with E-state index in [4.69, 9.17) is 9.63 Å². The molecule has 0 radical (unpaired) electrons. The van der Waals surface area contributed by atoms with Crippen molar-refractivity contribution in [2.24, 2.45) is 5.92 Å². The quantitative estimate of drug-likeness (QED) is 0.657. The fourth-order valence-electron chi connectivity index (χ4n) is 1.42. The van der Waals surface area contributed by atoms with Crippen LogP contribution in [0.15, 0.2) is 4.52 Å². The maximum Gasteiger partial charge on any atom is 0.314 e. The Morgan fingerprint density at radius 2 is 2.16 bits per heavy atom. The smallest absolute Gasteiger partial charge is 0.314 e. The molecule has 8 nitrogen and oxygen atoms in total. The molecule has 8 heteroatoms. The first kappa shape index (κ1) is 14.9. The summed E-state index contributed by atoms with van der Waals surface area (Å²) in [6.07, 6.45) is 0.487. The number of nitrogens with zero attached hydrogens (tertiary/aromatic N) is 2. The molecule has 0 spiro atoms. The molecule has 1 atom stereocenters. The van der Waals surface area contributed by atoms with Crippen molar-refractivity contribution in [3.05, 3.63) is 11.7 Å². The minimum absolute atomic E-state index is 0.0293. The molecule has 1 rings (SSSR count). The first-order valence-electron chi connectivity index (χ1n) is 6.00. The predicted molar refractivity (Wildman–Crippen MR) is 65.6 cm³/mol. The average Bonchev–Trinajstić information content (AvgIpc) is 2.71. The summed E-state index contributed by atoms with van der Waals surface area (Å²) in [7, 11) is 0. The number of amides is 2. The second-order valence-electron chi connectivity index (χ2n) is 4.33. The van der Waals surface area contributed by atoms with E-state index in [0.717, 1.165) is 0 Å². The fraction of sp³-hybridized carbons (Fsp3) is 0.636. The van der Waals surface area contributed by atoms with E-state index in [1.807, 2.05) is 0 Å². The fourth-order valence-corrected chi connectivity index (χ4v) is 1.42. The molecular weight excluding hydrogens is 252 g/mol. The van der Waals surface area contributed by atoms with E-state index in [1.165, 1.54) is 0 Å². The van der Waals surface area contributed by atoms with Gasteiger partial charge in [0.2, 0.25) is 5.89 Å². The van der Waals surface area contributed by atoms with E-state index in [-0.39, 0.29) is 18.4 Å². The Morgan fingerprint density at radius 1 is 1.42 bits per heavy atom. The second kappa shape index (κ2) is 7.34. The Bertz CT molecular complexity index is 432. The first-order chi connectivity index (χ1) is 8.97. The van der Waals surface area contributed by atoms with Crippen LogP contribution in [0.3, 0.4) is 0 Å². The van der Waals surface area contributed by atoms with Gasteiger partial charge in [-0.2, -0.15) is 4.98 Å². The summed E-state index contributed by atoms with van der Waals surface area (Å²) in [6, 6.07) is -0.339. The lowest BCUT2D eigenvalue weighted by atomic mass is 10.1. The standard InChI is InChI=1S/C11H18N4O4/c1-7(5-10(16)17)6-13-11(18)12-4-3-9-14-8(2)15-19-9/h7H,3-6H2,1-2H3,(H,16,17)(H2,12,13,18). The van der Waals surface area contributed by atoms with Gasteiger partial charge in [-0.15, -0.1) is 0 Å². The molecular formula is C11H18N4O4. The Morgan fingerprint density at radius 3 is 2.74 bits per heavy atom. The number of hydrogen-bond donors (Lipinski definition) is 3. The van der Waals surface area contributed by atoms with E-state index in [2.05, 4.69) is 20.8 Å². The van der Waals surface area contributed by atoms with E-state index >= 15 is 0 Å². The van der Waals surface area contributed by atoms with E-state index in [9.17, 15) is 9.59 Å². The number of carboxylic acids is 1. The number of hydrogen-bond acceptors (Lipinski definition) is 5. The summed E-state index contributed by atoms with van der Waals surface area (Å²) in [4.78, 5) is 25.8. The first-order valence-corrected chi connectivity index (χ1v) is 6.00. The lowest BCUT2D eigenvalue weighted by molar-refractivity contribution is -0.137. The molecule has 19 heavy (non-hydrogen) atoms. The monoisotopic (exact) mass is 270 g/mol. The van der Waals surface area contributed by atoms with Gasteiger partial charge in [-0.25, -0.2) is 4.79 Å². The average molecular weight is 270 g/mol. The normalized spacial score (nSPS) is 11.9. The molecule has 0 aliphatic rings. The number of aliphatic carboxylic acids is 1. The van der Waals surface area contributed by atoms with Crippen LogP contribution in [0.4, 0.5) is 4.79 Å². The number of nitrogens with one attached hydrogen (secondary N) is 2. The van der Waals surface area contributed by atoms with Gasteiger partial charge in [-0.05, 0) is 12.8 Å². The number of aromatic nitrogens is 2. The number of aryl methyl sites for hydroxylation is 1. The minimum atomic E-state index is -0.874. The van der Waals surface area contributed by atoms with Crippen LogP contribution < -0.4 is 10.6 Å². The molecule has 1 unspecified atom stereocenters. The summed E-state index contributed by atoms with van der Waals surface area (Å²) < 4.78 is 4.89. The SMILES string of the molecule is Cc1noc(CCNC(=O)NCC(C)CC(=O)O)n1. The molecule has 0 fully saturated rings. The van der Waals surface area contributed by atoms with Crippen LogP contribution in [0.2, 0.25) is 0 Å². The number of carboxylic acid groups (broad SMARTS) is 1. The maximum absolute atomic E-state index is 11.4. The van der Waals surface area contributed by atoms with Gasteiger partial charge in [-0.3, -0.25) is 4.79 Å². The highest BCUT2D eigenvalue weighted by atomic mass is 16.5. The predicted octanol–water partition coefficient (Wildman–Crippen LogP) is 0.331. The third-order valence-electron chi connectivity index (χ3n) is 2.33. The van der Waals surface area contributed by atoms with Crippen molar-refractivity contribution in [3.63, 3.8) is 0 Å². The van der Waals surface area contributed by atoms with Gasteiger partial charge in [0.15, 0.2) is 5.82 Å². The van der Waals surface area contributed by atoms with E-state index in [1.54, 1.807) is 13.8 Å². The summed E-state index contributed by atoms with van der Waals surface area (Å²) >= 11 is 0. The maximum atomic E-state index is 11.4. The molecule has 3 N–H and O–H groups in total. The van der Waals surface area contributed by atoms with Gasteiger partial charge < -0.3 is 20.3 Å². The lowest BCUT2D eigenvalue weighted by Gasteiger charge is -2.10. The largest absolute Gasteiger partial charge is 0.481 e. The van der Waals surface area contributed by atoms with Crippen LogP contribution in [0.5, 0.6) is 0 Å². The Kier molecular flexibility index (Phi) is 5.77. The number of rotatable bonds is 7. The molecule has 0 saturated heterocycles. The zero-order valence-corrected chi connectivity index (χ0v) is 11.0. The summed E-state index contributed by atoms with van der Waals surface area (Å²) in [5.41, 5.74) is 0. The van der Waals surface area contributed by atoms with Crippen molar-refractivity contribution in [1.29, 1.82) is 0 Å². The topological polar surface area (TPSA) is 117 Å². The van der Waals surface area contributed by atoms with Crippen LogP contribution in [0, 0.1) is 12.8 Å². The van der Waals surface area contributed by atoms with Gasteiger partial charge >= 0.3 is 12.0 Å². The molecule has 0 aliphatic carbocycles. The van der Waals surface area contributed by atoms with Crippen LogP contribution in [-0.4, -0.2) is 40.3 Å². The van der Waals surface area contributed by atoms with Gasteiger partial charge in [0.25, 0.3) is 0 Å². The lowest BCUT2D eigenvalue weighted by Crippen LogP contribution is -2.39. The number of urea groups is 1. The third-order valence-corrected chi connectivity index (χ3v) is 2.33. The summed E-state index contributed by atoms with van der Waals surface area (Å²) in [6.45, 7) is 4.17. The van der Waals surface area contributed by atoms with Crippen molar-refractivity contribution in [1.82, 2.24) is 20.8 Å². The summed E-state index contributed by atoms with van der Waals surface area (Å²) in [5, 5.41) is 17.4. The van der Waals surface area contributed by atoms with Crippen LogP contribution >= 0.6 is 0 Å². The Balaban J connectivity index is 2.12. The van der Waals surface area contributed by atoms with Crippen LogP contribution in [0.1, 0.15) is 25.1 Å². The Hall–Kier alpha value is -2.12. The molecule has 0 aliphatic heterocycles. The molecule has 1 aromatic heterocycles. The zero-order chi connectivity index (χ0) is 14.3. The van der Waals surface area contributed by atoms with E-state index in [0.29, 0.717) is 31.2 Å². The van der Waals surface area contributed by atoms with Gasteiger partial charge in [-0.1, -0.05) is 12.1 Å². The van der Waals surface area contributed by atoms with Gasteiger partial charge in [0.05, 0.1) is 0 Å². The van der Waals surface area contributed by atoms with Gasteiger partial charge in [0.1, 0.15) is 0 Å².